The molecule has 1 aliphatic heterocycles. The first kappa shape index (κ1) is 16.3. The average Bonchev–Trinajstić information content (AvgIpc) is 2.90. The Hall–Kier alpha value is -0.750. The number of hydrogen-bond acceptors (Lipinski definition) is 4. The van der Waals surface area contributed by atoms with Crippen LogP contribution in [0, 0.1) is 11.8 Å². The predicted octanol–water partition coefficient (Wildman–Crippen LogP) is 1.32. The van der Waals surface area contributed by atoms with E-state index in [-0.39, 0.29) is 11.9 Å². The lowest BCUT2D eigenvalue weighted by atomic mass is 9.94. The van der Waals surface area contributed by atoms with Crippen molar-refractivity contribution in [2.45, 2.75) is 26.3 Å². The van der Waals surface area contributed by atoms with Crippen LogP contribution in [0.2, 0.25) is 0 Å². The molecule has 5 nitrogen and oxygen atoms in total. The molecule has 0 aromatic heterocycles. The Balaban J connectivity index is 2.72. The van der Waals surface area contributed by atoms with Gasteiger partial charge >= 0.3 is 5.97 Å². The van der Waals surface area contributed by atoms with Crippen molar-refractivity contribution in [3.63, 3.8) is 0 Å². The lowest BCUT2D eigenvalue weighted by molar-refractivity contribution is -0.150. The predicted molar refractivity (Wildman–Crippen MR) is 75.3 cm³/mol. The number of rotatable bonds is 7. The number of carbonyl (C=O) groups is 2. The molecule has 0 aromatic rings. The second kappa shape index (κ2) is 7.75. The van der Waals surface area contributed by atoms with Crippen molar-refractivity contribution in [2.75, 3.05) is 31.8 Å². The highest BCUT2D eigenvalue weighted by molar-refractivity contribution is 7.99. The Kier molecular flexibility index (Phi) is 6.65. The van der Waals surface area contributed by atoms with E-state index in [1.165, 1.54) is 0 Å². The van der Waals surface area contributed by atoms with Gasteiger partial charge in [-0.05, 0) is 12.2 Å². The summed E-state index contributed by atoms with van der Waals surface area (Å²) in [5.74, 6) is -0.159. The molecular weight excluding hydrogens is 266 g/mol. The molecule has 6 heteroatoms. The number of amides is 1. The van der Waals surface area contributed by atoms with Crippen LogP contribution < -0.4 is 0 Å². The lowest BCUT2D eigenvalue weighted by Crippen LogP contribution is -2.46. The summed E-state index contributed by atoms with van der Waals surface area (Å²) in [6.07, 6.45) is 0.980. The van der Waals surface area contributed by atoms with E-state index >= 15 is 0 Å². The molecule has 0 spiro atoms. The van der Waals surface area contributed by atoms with E-state index < -0.39 is 17.8 Å². The van der Waals surface area contributed by atoms with Crippen LogP contribution in [0.25, 0.3) is 0 Å². The van der Waals surface area contributed by atoms with Crippen molar-refractivity contribution in [3.8, 4) is 0 Å². The van der Waals surface area contributed by atoms with Gasteiger partial charge in [0.25, 0.3) is 0 Å². The molecule has 1 amide bonds. The van der Waals surface area contributed by atoms with Crippen LogP contribution in [0.1, 0.15) is 20.3 Å². The van der Waals surface area contributed by atoms with Crippen molar-refractivity contribution in [1.82, 2.24) is 4.90 Å². The van der Waals surface area contributed by atoms with Crippen LogP contribution in [-0.2, 0) is 14.3 Å². The van der Waals surface area contributed by atoms with Gasteiger partial charge in [-0.3, -0.25) is 9.59 Å². The first-order chi connectivity index (χ1) is 8.99. The molecule has 1 N–H and O–H groups in total. The van der Waals surface area contributed by atoms with Gasteiger partial charge in [0.1, 0.15) is 0 Å². The molecule has 3 unspecified atom stereocenters. The largest absolute Gasteiger partial charge is 0.481 e. The molecule has 1 heterocycles. The number of carbonyl (C=O) groups excluding carboxylic acids is 1. The lowest BCUT2D eigenvalue weighted by Gasteiger charge is -2.31. The van der Waals surface area contributed by atoms with Gasteiger partial charge in [0.05, 0.1) is 12.5 Å². The summed E-state index contributed by atoms with van der Waals surface area (Å²) >= 11 is 1.84. The summed E-state index contributed by atoms with van der Waals surface area (Å²) < 4.78 is 5.05. The minimum atomic E-state index is -0.923. The number of aliphatic carboxylic acids is 1. The topological polar surface area (TPSA) is 66.8 Å². The second-order valence-electron chi connectivity index (χ2n) is 4.96. The minimum Gasteiger partial charge on any atom is -0.481 e. The van der Waals surface area contributed by atoms with Gasteiger partial charge in [-0.25, -0.2) is 0 Å². The molecular formula is C13H23NO4S. The van der Waals surface area contributed by atoms with Gasteiger partial charge in [-0.1, -0.05) is 13.8 Å². The van der Waals surface area contributed by atoms with Crippen molar-refractivity contribution < 1.29 is 19.4 Å². The smallest absolute Gasteiger partial charge is 0.307 e. The van der Waals surface area contributed by atoms with Crippen LogP contribution >= 0.6 is 11.8 Å². The summed E-state index contributed by atoms with van der Waals surface area (Å²) in [5, 5.41) is 9.02. The SMILES string of the molecule is COCCN(C(=O)C(C)C(C)C(=O)O)C1CCSC1. The fraction of sp³-hybridized carbons (Fsp3) is 0.846. The van der Waals surface area contributed by atoms with Gasteiger partial charge < -0.3 is 14.7 Å². The van der Waals surface area contributed by atoms with Crippen molar-refractivity contribution in [3.05, 3.63) is 0 Å². The van der Waals surface area contributed by atoms with Crippen LogP contribution in [0.4, 0.5) is 0 Å². The maximum Gasteiger partial charge on any atom is 0.307 e. The minimum absolute atomic E-state index is 0.0700. The average molecular weight is 289 g/mol. The maximum atomic E-state index is 12.5. The molecule has 1 saturated heterocycles. The fourth-order valence-corrected chi connectivity index (χ4v) is 3.34. The highest BCUT2D eigenvalue weighted by Gasteiger charge is 2.33. The highest BCUT2D eigenvalue weighted by atomic mass is 32.2. The molecule has 1 fully saturated rings. The zero-order chi connectivity index (χ0) is 14.4. The molecule has 19 heavy (non-hydrogen) atoms. The molecule has 1 aliphatic rings. The Bertz CT molecular complexity index is 318. The zero-order valence-electron chi connectivity index (χ0n) is 11.8. The molecule has 1 rings (SSSR count). The molecule has 0 aromatic carbocycles. The van der Waals surface area contributed by atoms with E-state index in [4.69, 9.17) is 9.84 Å². The van der Waals surface area contributed by atoms with Crippen molar-refractivity contribution in [1.29, 1.82) is 0 Å². The molecule has 0 radical (unpaired) electrons. The summed E-state index contributed by atoms with van der Waals surface area (Å²) in [6.45, 7) is 4.31. The van der Waals surface area contributed by atoms with E-state index in [0.29, 0.717) is 13.2 Å². The Morgan fingerprint density at radius 1 is 1.42 bits per heavy atom. The van der Waals surface area contributed by atoms with Crippen LogP contribution in [0.15, 0.2) is 0 Å². The van der Waals surface area contributed by atoms with Crippen LogP contribution in [0.5, 0.6) is 0 Å². The second-order valence-corrected chi connectivity index (χ2v) is 6.11. The summed E-state index contributed by atoms with van der Waals surface area (Å²) in [6, 6.07) is 0.219. The van der Waals surface area contributed by atoms with Gasteiger partial charge in [-0.15, -0.1) is 0 Å². The summed E-state index contributed by atoms with van der Waals surface area (Å²) in [5.41, 5.74) is 0. The van der Waals surface area contributed by atoms with Gasteiger partial charge in [0.2, 0.25) is 5.91 Å². The van der Waals surface area contributed by atoms with Gasteiger partial charge in [0.15, 0.2) is 0 Å². The van der Waals surface area contributed by atoms with Crippen molar-refractivity contribution in [2.24, 2.45) is 11.8 Å². The molecule has 0 aliphatic carbocycles. The molecule has 0 bridgehead atoms. The molecule has 0 saturated carbocycles. The summed E-state index contributed by atoms with van der Waals surface area (Å²) in [7, 11) is 1.61. The Morgan fingerprint density at radius 2 is 2.11 bits per heavy atom. The Morgan fingerprint density at radius 3 is 2.58 bits per heavy atom. The number of carboxylic acids is 1. The normalized spacial score (nSPS) is 21.9. The number of methoxy groups -OCH3 is 1. The standard InChI is InChI=1S/C13H23NO4S/c1-9(10(2)13(16)17)12(15)14(5-6-18-3)11-4-7-19-8-11/h9-11H,4-8H2,1-3H3,(H,16,17). The van der Waals surface area contributed by atoms with Gasteiger partial charge in [-0.2, -0.15) is 11.8 Å². The van der Waals surface area contributed by atoms with E-state index in [0.717, 1.165) is 17.9 Å². The molecule has 110 valence electrons. The maximum absolute atomic E-state index is 12.5. The fourth-order valence-electron chi connectivity index (χ4n) is 2.12. The van der Waals surface area contributed by atoms with E-state index in [1.54, 1.807) is 21.0 Å². The number of hydrogen-bond donors (Lipinski definition) is 1. The monoisotopic (exact) mass is 289 g/mol. The first-order valence-electron chi connectivity index (χ1n) is 6.59. The number of nitrogens with zero attached hydrogens (tertiary/aromatic N) is 1. The summed E-state index contributed by atoms with van der Waals surface area (Å²) in [4.78, 5) is 25.3. The zero-order valence-corrected chi connectivity index (χ0v) is 12.6. The quantitative estimate of drug-likeness (QED) is 0.766. The van der Waals surface area contributed by atoms with Crippen LogP contribution in [-0.4, -0.2) is 59.7 Å². The van der Waals surface area contributed by atoms with Crippen molar-refractivity contribution >= 4 is 23.6 Å². The third kappa shape index (κ3) is 4.38. The third-order valence-corrected chi connectivity index (χ3v) is 4.84. The number of thioether (sulfide) groups is 1. The van der Waals surface area contributed by atoms with Gasteiger partial charge in [0, 0.05) is 31.4 Å². The Labute approximate surface area is 118 Å². The highest BCUT2D eigenvalue weighted by Crippen LogP contribution is 2.25. The third-order valence-electron chi connectivity index (χ3n) is 3.69. The van der Waals surface area contributed by atoms with E-state index in [2.05, 4.69) is 0 Å². The number of ether oxygens (including phenoxy) is 1. The first-order valence-corrected chi connectivity index (χ1v) is 7.74. The molecule has 3 atom stereocenters. The van der Waals surface area contributed by atoms with Crippen LogP contribution in [0.3, 0.4) is 0 Å². The van der Waals surface area contributed by atoms with E-state index in [9.17, 15) is 9.59 Å². The number of carboxylic acid groups (broad SMARTS) is 1. The van der Waals surface area contributed by atoms with E-state index in [1.807, 2.05) is 16.7 Å².